The van der Waals surface area contributed by atoms with Gasteiger partial charge in [-0.3, -0.25) is 4.79 Å². The van der Waals surface area contributed by atoms with Crippen molar-refractivity contribution in [2.45, 2.75) is 39.2 Å². The Morgan fingerprint density at radius 2 is 1.81 bits per heavy atom. The van der Waals surface area contributed by atoms with Crippen LogP contribution in [0, 0.1) is 5.41 Å². The van der Waals surface area contributed by atoms with E-state index in [0.717, 1.165) is 19.6 Å². The van der Waals surface area contributed by atoms with Crippen LogP contribution >= 0.6 is 0 Å². The first-order valence-electron chi connectivity index (χ1n) is 7.87. The minimum atomic E-state index is -0.718. The summed E-state index contributed by atoms with van der Waals surface area (Å²) in [6, 6.07) is 0.291. The van der Waals surface area contributed by atoms with E-state index in [4.69, 9.17) is 0 Å². The summed E-state index contributed by atoms with van der Waals surface area (Å²) in [5.41, 5.74) is -0.634. The maximum atomic E-state index is 12.6. The van der Waals surface area contributed by atoms with Crippen molar-refractivity contribution in [3.05, 3.63) is 0 Å². The van der Waals surface area contributed by atoms with Gasteiger partial charge in [-0.2, -0.15) is 0 Å². The predicted octanol–water partition coefficient (Wildman–Crippen LogP) is 1.32. The van der Waals surface area contributed by atoms with Crippen molar-refractivity contribution in [3.8, 4) is 0 Å². The number of carboxylic acid groups (broad SMARTS) is 1. The fourth-order valence-electron chi connectivity index (χ4n) is 3.45. The molecule has 0 saturated carbocycles. The molecular weight excluding hydrogens is 270 g/mol. The SMILES string of the molecule is CCC1(C(=O)O)CCN(C(=O)N2CCN(C)CC2C)CC1. The van der Waals surface area contributed by atoms with Gasteiger partial charge in [-0.1, -0.05) is 6.92 Å². The van der Waals surface area contributed by atoms with Crippen LogP contribution in [0.5, 0.6) is 0 Å². The number of piperazine rings is 1. The van der Waals surface area contributed by atoms with Crippen LogP contribution in [0.2, 0.25) is 0 Å². The maximum Gasteiger partial charge on any atom is 0.320 e. The second-order valence-electron chi connectivity index (χ2n) is 6.51. The molecule has 2 saturated heterocycles. The van der Waals surface area contributed by atoms with Crippen molar-refractivity contribution in [2.75, 3.05) is 39.8 Å². The number of hydrogen-bond acceptors (Lipinski definition) is 3. The Hall–Kier alpha value is -1.30. The highest BCUT2D eigenvalue weighted by Gasteiger charge is 2.42. The number of rotatable bonds is 2. The van der Waals surface area contributed by atoms with Crippen LogP contribution in [-0.4, -0.2) is 77.6 Å². The number of carbonyl (C=O) groups excluding carboxylic acids is 1. The van der Waals surface area contributed by atoms with E-state index in [1.807, 2.05) is 16.7 Å². The van der Waals surface area contributed by atoms with Crippen LogP contribution in [0.25, 0.3) is 0 Å². The standard InChI is InChI=1S/C15H27N3O3/c1-4-15(13(19)20)5-7-17(8-6-15)14(21)18-10-9-16(3)11-12(18)2/h12H,4-11H2,1-3H3,(H,19,20). The molecule has 1 atom stereocenters. The van der Waals surface area contributed by atoms with Gasteiger partial charge in [0.1, 0.15) is 0 Å². The van der Waals surface area contributed by atoms with Crippen molar-refractivity contribution in [3.63, 3.8) is 0 Å². The quantitative estimate of drug-likeness (QED) is 0.835. The van der Waals surface area contributed by atoms with Gasteiger partial charge in [-0.25, -0.2) is 4.79 Å². The van der Waals surface area contributed by atoms with Crippen LogP contribution in [0.4, 0.5) is 4.79 Å². The summed E-state index contributed by atoms with van der Waals surface area (Å²) in [5, 5.41) is 9.41. The van der Waals surface area contributed by atoms with Gasteiger partial charge < -0.3 is 19.8 Å². The summed E-state index contributed by atoms with van der Waals surface area (Å²) in [6.45, 7) is 7.66. The average Bonchev–Trinajstić information content (AvgIpc) is 2.46. The van der Waals surface area contributed by atoms with Crippen LogP contribution in [-0.2, 0) is 4.79 Å². The number of hydrogen-bond donors (Lipinski definition) is 1. The van der Waals surface area contributed by atoms with Gasteiger partial charge in [0.2, 0.25) is 0 Å². The fourth-order valence-corrected chi connectivity index (χ4v) is 3.45. The molecule has 1 unspecified atom stereocenters. The molecule has 2 aliphatic rings. The first-order valence-corrected chi connectivity index (χ1v) is 7.87. The number of amides is 2. The highest BCUT2D eigenvalue weighted by atomic mass is 16.4. The van der Waals surface area contributed by atoms with E-state index in [1.165, 1.54) is 0 Å². The van der Waals surface area contributed by atoms with E-state index in [1.54, 1.807) is 0 Å². The first kappa shape index (κ1) is 16.1. The van der Waals surface area contributed by atoms with Crippen molar-refractivity contribution in [1.29, 1.82) is 0 Å². The molecular formula is C15H27N3O3. The smallest absolute Gasteiger partial charge is 0.320 e. The Kier molecular flexibility index (Phi) is 4.76. The second kappa shape index (κ2) is 6.22. The molecule has 0 aliphatic carbocycles. The van der Waals surface area contributed by atoms with Gasteiger partial charge in [0, 0.05) is 38.8 Å². The van der Waals surface area contributed by atoms with Crippen molar-refractivity contribution >= 4 is 12.0 Å². The van der Waals surface area contributed by atoms with E-state index in [9.17, 15) is 14.7 Å². The Morgan fingerprint density at radius 3 is 2.29 bits per heavy atom. The van der Waals surface area contributed by atoms with E-state index in [0.29, 0.717) is 32.4 Å². The fraction of sp³-hybridized carbons (Fsp3) is 0.867. The number of likely N-dealkylation sites (N-methyl/N-ethyl adjacent to an activating group) is 1. The molecule has 2 amide bonds. The molecule has 0 aromatic heterocycles. The molecule has 6 nitrogen and oxygen atoms in total. The molecule has 2 fully saturated rings. The molecule has 2 rings (SSSR count). The van der Waals surface area contributed by atoms with Crippen LogP contribution in [0.1, 0.15) is 33.1 Å². The molecule has 2 aliphatic heterocycles. The van der Waals surface area contributed by atoms with Crippen molar-refractivity contribution in [1.82, 2.24) is 14.7 Å². The number of urea groups is 1. The van der Waals surface area contributed by atoms with Crippen molar-refractivity contribution in [2.24, 2.45) is 5.41 Å². The summed E-state index contributed by atoms with van der Waals surface area (Å²) in [5.74, 6) is -0.718. The number of carboxylic acids is 1. The zero-order chi connectivity index (χ0) is 15.6. The third kappa shape index (κ3) is 3.15. The Balaban J connectivity index is 1.96. The summed E-state index contributed by atoms with van der Waals surface area (Å²) in [6.07, 6.45) is 1.76. The van der Waals surface area contributed by atoms with E-state index in [2.05, 4.69) is 18.9 Å². The normalized spacial score (nSPS) is 26.7. The van der Waals surface area contributed by atoms with E-state index < -0.39 is 11.4 Å². The first-order chi connectivity index (χ1) is 9.89. The number of nitrogens with zero attached hydrogens (tertiary/aromatic N) is 3. The lowest BCUT2D eigenvalue weighted by Gasteiger charge is -2.44. The zero-order valence-corrected chi connectivity index (χ0v) is 13.3. The lowest BCUT2D eigenvalue weighted by Crippen LogP contribution is -2.58. The number of likely N-dealkylation sites (tertiary alicyclic amines) is 1. The molecule has 0 aromatic carbocycles. The third-order valence-corrected chi connectivity index (χ3v) is 5.20. The minimum Gasteiger partial charge on any atom is -0.481 e. The molecule has 2 heterocycles. The lowest BCUT2D eigenvalue weighted by molar-refractivity contribution is -0.152. The zero-order valence-electron chi connectivity index (χ0n) is 13.3. The van der Waals surface area contributed by atoms with E-state index in [-0.39, 0.29) is 12.1 Å². The summed E-state index contributed by atoms with van der Waals surface area (Å²) in [7, 11) is 2.07. The van der Waals surface area contributed by atoms with Gasteiger partial charge in [0.15, 0.2) is 0 Å². The summed E-state index contributed by atoms with van der Waals surface area (Å²) < 4.78 is 0. The topological polar surface area (TPSA) is 64.1 Å². The Morgan fingerprint density at radius 1 is 1.19 bits per heavy atom. The Labute approximate surface area is 126 Å². The summed E-state index contributed by atoms with van der Waals surface area (Å²) in [4.78, 5) is 30.1. The molecule has 6 heteroatoms. The number of carbonyl (C=O) groups is 2. The van der Waals surface area contributed by atoms with Crippen molar-refractivity contribution < 1.29 is 14.7 Å². The van der Waals surface area contributed by atoms with Gasteiger partial charge >= 0.3 is 12.0 Å². The highest BCUT2D eigenvalue weighted by Crippen LogP contribution is 2.35. The molecule has 0 radical (unpaired) electrons. The largest absolute Gasteiger partial charge is 0.481 e. The van der Waals surface area contributed by atoms with Gasteiger partial charge in [-0.15, -0.1) is 0 Å². The third-order valence-electron chi connectivity index (χ3n) is 5.20. The lowest BCUT2D eigenvalue weighted by atomic mass is 9.76. The monoisotopic (exact) mass is 297 g/mol. The van der Waals surface area contributed by atoms with Crippen LogP contribution < -0.4 is 0 Å². The second-order valence-corrected chi connectivity index (χ2v) is 6.51. The van der Waals surface area contributed by atoms with Gasteiger partial charge in [-0.05, 0) is 33.2 Å². The van der Waals surface area contributed by atoms with Gasteiger partial charge in [0.05, 0.1) is 5.41 Å². The molecule has 0 aromatic rings. The molecule has 21 heavy (non-hydrogen) atoms. The summed E-state index contributed by atoms with van der Waals surface area (Å²) >= 11 is 0. The van der Waals surface area contributed by atoms with E-state index >= 15 is 0 Å². The average molecular weight is 297 g/mol. The highest BCUT2D eigenvalue weighted by molar-refractivity contribution is 5.77. The van der Waals surface area contributed by atoms with Crippen LogP contribution in [0.3, 0.4) is 0 Å². The molecule has 120 valence electrons. The number of piperidine rings is 1. The molecule has 0 bridgehead atoms. The molecule has 0 spiro atoms. The maximum absolute atomic E-state index is 12.6. The van der Waals surface area contributed by atoms with Crippen LogP contribution in [0.15, 0.2) is 0 Å². The number of aliphatic carboxylic acids is 1. The molecule has 1 N–H and O–H groups in total. The predicted molar refractivity (Wildman–Crippen MR) is 80.2 cm³/mol. The Bertz CT molecular complexity index is 405. The van der Waals surface area contributed by atoms with Gasteiger partial charge in [0.25, 0.3) is 0 Å². The minimum absolute atomic E-state index is 0.0747.